The summed E-state index contributed by atoms with van der Waals surface area (Å²) in [5, 5.41) is 2.68. The molecule has 5 rings (SSSR count). The summed E-state index contributed by atoms with van der Waals surface area (Å²) >= 11 is 0. The monoisotopic (exact) mass is 458 g/mol. The smallest absolute Gasteiger partial charge is 0.254 e. The predicted octanol–water partition coefficient (Wildman–Crippen LogP) is 4.81. The molecule has 3 aromatic carbocycles. The first-order valence-corrected chi connectivity index (χ1v) is 12.4. The van der Waals surface area contributed by atoms with E-state index in [4.69, 9.17) is 9.47 Å². The Morgan fingerprint density at radius 3 is 2.62 bits per heavy atom. The largest absolute Gasteiger partial charge is 0.493 e. The molecule has 2 heterocycles. The predicted molar refractivity (Wildman–Crippen MR) is 136 cm³/mol. The van der Waals surface area contributed by atoms with Gasteiger partial charge in [-0.25, -0.2) is 0 Å². The van der Waals surface area contributed by atoms with Crippen LogP contribution in [0.3, 0.4) is 0 Å². The van der Waals surface area contributed by atoms with Gasteiger partial charge in [0.2, 0.25) is 0 Å². The van der Waals surface area contributed by atoms with E-state index < -0.39 is 0 Å². The molecule has 0 saturated carbocycles. The minimum Gasteiger partial charge on any atom is -0.493 e. The molecular formula is C29H34N2O3. The zero-order valence-electron chi connectivity index (χ0n) is 20.3. The molecule has 0 bridgehead atoms. The first-order chi connectivity index (χ1) is 16.7. The van der Waals surface area contributed by atoms with Gasteiger partial charge in [0, 0.05) is 31.7 Å². The fourth-order valence-electron chi connectivity index (χ4n) is 5.63. The first kappa shape index (κ1) is 22.7. The number of carbonyl (C=O) groups is 1. The average molecular weight is 459 g/mol. The number of likely N-dealkylation sites (tertiary alicyclic amines) is 1. The number of piperidine rings is 1. The molecule has 2 aliphatic rings. The zero-order valence-corrected chi connectivity index (χ0v) is 20.3. The maximum Gasteiger partial charge on any atom is 0.254 e. The van der Waals surface area contributed by atoms with Gasteiger partial charge >= 0.3 is 0 Å². The summed E-state index contributed by atoms with van der Waals surface area (Å²) in [4.78, 5) is 17.9. The number of rotatable bonds is 7. The Morgan fingerprint density at radius 2 is 1.76 bits per heavy atom. The summed E-state index contributed by atoms with van der Waals surface area (Å²) in [6, 6.07) is 19.1. The fraction of sp³-hybridized carbons (Fsp3) is 0.414. The van der Waals surface area contributed by atoms with Crippen LogP contribution in [0.1, 0.15) is 34.3 Å². The van der Waals surface area contributed by atoms with Crippen LogP contribution >= 0.6 is 0 Å². The van der Waals surface area contributed by atoms with Gasteiger partial charge in [-0.1, -0.05) is 42.5 Å². The van der Waals surface area contributed by atoms with Crippen molar-refractivity contribution in [3.8, 4) is 11.5 Å². The standard InChI is InChI=1S/C29H34N2O3/c1-33-27-17-24-13-16-31(29(32)26(24)18-28(27)34-2)20-21-7-6-14-30(19-21)15-12-23-10-5-9-22-8-3-4-11-25(22)23/h3-5,8-11,17-18,21H,6-7,12-16,19-20H2,1-2H3. The first-order valence-electron chi connectivity index (χ1n) is 12.4. The Morgan fingerprint density at radius 1 is 0.971 bits per heavy atom. The van der Waals surface area contributed by atoms with E-state index in [2.05, 4.69) is 47.4 Å². The third-order valence-electron chi connectivity index (χ3n) is 7.44. The van der Waals surface area contributed by atoms with Crippen LogP contribution < -0.4 is 9.47 Å². The number of ether oxygens (including phenoxy) is 2. The second-order valence-electron chi connectivity index (χ2n) is 9.56. The molecule has 5 nitrogen and oxygen atoms in total. The van der Waals surface area contributed by atoms with E-state index in [1.807, 2.05) is 17.0 Å². The van der Waals surface area contributed by atoms with E-state index >= 15 is 0 Å². The van der Waals surface area contributed by atoms with Crippen molar-refractivity contribution < 1.29 is 14.3 Å². The summed E-state index contributed by atoms with van der Waals surface area (Å²) in [5.41, 5.74) is 3.24. The van der Waals surface area contributed by atoms with E-state index in [0.29, 0.717) is 17.4 Å². The summed E-state index contributed by atoms with van der Waals surface area (Å²) in [6.45, 7) is 4.88. The van der Waals surface area contributed by atoms with Gasteiger partial charge in [-0.05, 0) is 72.2 Å². The van der Waals surface area contributed by atoms with Crippen LogP contribution in [-0.2, 0) is 12.8 Å². The van der Waals surface area contributed by atoms with E-state index in [0.717, 1.165) is 56.7 Å². The summed E-state index contributed by atoms with van der Waals surface area (Å²) in [6.07, 6.45) is 4.31. The maximum atomic E-state index is 13.3. The quantitative estimate of drug-likeness (QED) is 0.510. The third kappa shape index (κ3) is 4.62. The second kappa shape index (κ2) is 10.1. The van der Waals surface area contributed by atoms with Crippen LogP contribution in [0.5, 0.6) is 11.5 Å². The Labute approximate surface area is 202 Å². The molecule has 34 heavy (non-hydrogen) atoms. The molecule has 0 radical (unpaired) electrons. The molecule has 1 fully saturated rings. The van der Waals surface area contributed by atoms with Crippen molar-refractivity contribution >= 4 is 16.7 Å². The van der Waals surface area contributed by atoms with E-state index in [1.165, 1.54) is 29.2 Å². The Kier molecular flexibility index (Phi) is 6.73. The molecular weight excluding hydrogens is 424 g/mol. The molecule has 0 aliphatic carbocycles. The van der Waals surface area contributed by atoms with Crippen LogP contribution in [0.4, 0.5) is 0 Å². The molecule has 3 aromatic rings. The van der Waals surface area contributed by atoms with Crippen molar-refractivity contribution in [2.24, 2.45) is 5.92 Å². The Bertz CT molecular complexity index is 1170. The van der Waals surface area contributed by atoms with Gasteiger partial charge < -0.3 is 19.3 Å². The van der Waals surface area contributed by atoms with Crippen molar-refractivity contribution in [3.63, 3.8) is 0 Å². The topological polar surface area (TPSA) is 42.0 Å². The minimum atomic E-state index is 0.120. The molecule has 5 heteroatoms. The number of benzene rings is 3. The number of amides is 1. The van der Waals surface area contributed by atoms with Crippen molar-refractivity contribution in [2.75, 3.05) is 46.9 Å². The van der Waals surface area contributed by atoms with Crippen LogP contribution in [-0.4, -0.2) is 62.7 Å². The summed E-state index contributed by atoms with van der Waals surface area (Å²) in [5.74, 6) is 1.95. The van der Waals surface area contributed by atoms with Crippen molar-refractivity contribution in [1.29, 1.82) is 0 Å². The number of hydrogen-bond donors (Lipinski definition) is 0. The molecule has 0 aromatic heterocycles. The zero-order chi connectivity index (χ0) is 23.5. The molecule has 1 amide bonds. The van der Waals surface area contributed by atoms with Crippen molar-refractivity contribution in [2.45, 2.75) is 25.7 Å². The summed E-state index contributed by atoms with van der Waals surface area (Å²) < 4.78 is 10.9. The molecule has 178 valence electrons. The van der Waals surface area contributed by atoms with Crippen molar-refractivity contribution in [3.05, 3.63) is 71.3 Å². The SMILES string of the molecule is COc1cc2c(cc1OC)C(=O)N(CC1CCCN(CCc3cccc4ccccc34)C1)CC2. The fourth-order valence-corrected chi connectivity index (χ4v) is 5.63. The highest BCUT2D eigenvalue weighted by atomic mass is 16.5. The van der Waals surface area contributed by atoms with Gasteiger partial charge in [-0.2, -0.15) is 0 Å². The van der Waals surface area contributed by atoms with Gasteiger partial charge in [0.25, 0.3) is 5.91 Å². The molecule has 2 aliphatic heterocycles. The normalized spacial score (nSPS) is 18.7. The number of methoxy groups -OCH3 is 2. The molecule has 1 saturated heterocycles. The lowest BCUT2D eigenvalue weighted by Crippen LogP contribution is -2.45. The van der Waals surface area contributed by atoms with Gasteiger partial charge in [0.1, 0.15) is 0 Å². The van der Waals surface area contributed by atoms with Crippen LogP contribution in [0.2, 0.25) is 0 Å². The Balaban J connectivity index is 1.21. The highest BCUT2D eigenvalue weighted by Gasteiger charge is 2.30. The number of fused-ring (bicyclic) bond motifs is 2. The van der Waals surface area contributed by atoms with Crippen LogP contribution in [0, 0.1) is 5.92 Å². The van der Waals surface area contributed by atoms with Gasteiger partial charge in [0.15, 0.2) is 11.5 Å². The van der Waals surface area contributed by atoms with Gasteiger partial charge in [0.05, 0.1) is 14.2 Å². The maximum absolute atomic E-state index is 13.3. The summed E-state index contributed by atoms with van der Waals surface area (Å²) in [7, 11) is 3.25. The van der Waals surface area contributed by atoms with Crippen LogP contribution in [0.15, 0.2) is 54.6 Å². The van der Waals surface area contributed by atoms with Crippen LogP contribution in [0.25, 0.3) is 10.8 Å². The number of hydrogen-bond acceptors (Lipinski definition) is 4. The van der Waals surface area contributed by atoms with E-state index in [-0.39, 0.29) is 5.91 Å². The van der Waals surface area contributed by atoms with E-state index in [1.54, 1.807) is 14.2 Å². The minimum absolute atomic E-state index is 0.120. The lowest BCUT2D eigenvalue weighted by molar-refractivity contribution is 0.0661. The molecule has 0 spiro atoms. The van der Waals surface area contributed by atoms with Crippen molar-refractivity contribution in [1.82, 2.24) is 9.80 Å². The van der Waals surface area contributed by atoms with E-state index in [9.17, 15) is 4.79 Å². The second-order valence-corrected chi connectivity index (χ2v) is 9.56. The highest BCUT2D eigenvalue weighted by Crippen LogP contribution is 2.33. The lowest BCUT2D eigenvalue weighted by Gasteiger charge is -2.37. The molecule has 1 unspecified atom stereocenters. The average Bonchev–Trinajstić information content (AvgIpc) is 2.88. The van der Waals surface area contributed by atoms with Gasteiger partial charge in [-0.3, -0.25) is 4.79 Å². The third-order valence-corrected chi connectivity index (χ3v) is 7.44. The Hall–Kier alpha value is -3.05. The highest BCUT2D eigenvalue weighted by molar-refractivity contribution is 5.97. The molecule has 0 N–H and O–H groups in total. The molecule has 1 atom stereocenters. The number of carbonyl (C=O) groups excluding carboxylic acids is 1. The van der Waals surface area contributed by atoms with Gasteiger partial charge in [-0.15, -0.1) is 0 Å². The number of nitrogens with zero attached hydrogens (tertiary/aromatic N) is 2. The lowest BCUT2D eigenvalue weighted by atomic mass is 9.93.